The summed E-state index contributed by atoms with van der Waals surface area (Å²) in [6.45, 7) is 1.87. The molecule has 0 spiro atoms. The van der Waals surface area contributed by atoms with E-state index in [0.717, 1.165) is 66.3 Å². The van der Waals surface area contributed by atoms with Gasteiger partial charge >= 0.3 is 0 Å². The van der Waals surface area contributed by atoms with Crippen molar-refractivity contribution in [3.05, 3.63) is 36.7 Å². The average molecular weight is 473 g/mol. The molecule has 1 saturated heterocycles. The van der Waals surface area contributed by atoms with Crippen LogP contribution in [0.3, 0.4) is 0 Å². The molecule has 9 heteroatoms. The number of benzene rings is 1. The van der Waals surface area contributed by atoms with E-state index in [1.54, 1.807) is 19.5 Å². The van der Waals surface area contributed by atoms with Crippen LogP contribution in [0.1, 0.15) is 25.7 Å². The predicted molar refractivity (Wildman–Crippen MR) is 136 cm³/mol. The minimum atomic E-state index is 0.0177. The lowest BCUT2D eigenvalue weighted by atomic mass is 10.1. The lowest BCUT2D eigenvalue weighted by molar-refractivity contribution is -0.117. The molecule has 2 N–H and O–H groups in total. The first-order valence-corrected chi connectivity index (χ1v) is 12.1. The van der Waals surface area contributed by atoms with Crippen molar-refractivity contribution in [2.24, 2.45) is 5.92 Å². The molecule has 0 unspecified atom stereocenters. The number of carbonyl (C=O) groups excluding carboxylic acids is 1. The van der Waals surface area contributed by atoms with E-state index in [1.165, 1.54) is 0 Å². The molecule has 1 aromatic carbocycles. The van der Waals surface area contributed by atoms with Gasteiger partial charge in [-0.2, -0.15) is 0 Å². The molecule has 0 bridgehead atoms. The topological polar surface area (TPSA) is 105 Å². The van der Waals surface area contributed by atoms with Crippen molar-refractivity contribution in [2.75, 3.05) is 42.8 Å². The summed E-state index contributed by atoms with van der Waals surface area (Å²) in [5, 5.41) is 7.73. The molecule has 1 aliphatic carbocycles. The van der Waals surface area contributed by atoms with Crippen molar-refractivity contribution in [3.63, 3.8) is 0 Å². The predicted octanol–water partition coefficient (Wildman–Crippen LogP) is 4.44. The number of ether oxygens (including phenoxy) is 1. The fraction of sp³-hybridized carbons (Fsp3) is 0.385. The molecule has 4 heterocycles. The van der Waals surface area contributed by atoms with Crippen LogP contribution in [0.4, 0.5) is 17.3 Å². The standard InChI is InChI=1S/C26H28N6O3/c1-27-24-19-12-28-23(31-25(33)15-5-6-15)11-18(19)20(13-29-24)26-30-21-10-16(7-8-22(21)35-26)32-9-3-4-17(14-32)34-2/h7-8,10-13,15,17H,3-6,9,14H2,1-2H3,(H,27,29)(H,28,31,33)/t17-/m1/s1. The van der Waals surface area contributed by atoms with Gasteiger partial charge in [-0.3, -0.25) is 4.79 Å². The summed E-state index contributed by atoms with van der Waals surface area (Å²) in [6.07, 6.45) is 7.79. The Kier molecular flexibility index (Phi) is 5.49. The van der Waals surface area contributed by atoms with Gasteiger partial charge in [0, 0.05) is 62.0 Å². The Bertz CT molecular complexity index is 1410. The van der Waals surface area contributed by atoms with Crippen molar-refractivity contribution >= 4 is 45.1 Å². The minimum Gasteiger partial charge on any atom is -0.436 e. The maximum Gasteiger partial charge on any atom is 0.229 e. The molecule has 2 aliphatic rings. The first kappa shape index (κ1) is 21.8. The lowest BCUT2D eigenvalue weighted by Gasteiger charge is -2.33. The summed E-state index contributed by atoms with van der Waals surface area (Å²) in [6, 6.07) is 7.98. The number of hydrogen-bond acceptors (Lipinski definition) is 8. The maximum atomic E-state index is 12.3. The van der Waals surface area contributed by atoms with Crippen LogP contribution >= 0.6 is 0 Å². The molecule has 6 rings (SSSR count). The summed E-state index contributed by atoms with van der Waals surface area (Å²) in [5.41, 5.74) is 3.37. The van der Waals surface area contributed by atoms with Gasteiger partial charge in [-0.05, 0) is 49.9 Å². The number of fused-ring (bicyclic) bond motifs is 2. The van der Waals surface area contributed by atoms with Gasteiger partial charge in [-0.15, -0.1) is 0 Å². The van der Waals surface area contributed by atoms with Crippen LogP contribution in [-0.4, -0.2) is 54.2 Å². The Morgan fingerprint density at radius 2 is 2.03 bits per heavy atom. The molecule has 1 saturated carbocycles. The summed E-state index contributed by atoms with van der Waals surface area (Å²) >= 11 is 0. The molecule has 180 valence electrons. The highest BCUT2D eigenvalue weighted by molar-refractivity contribution is 6.03. The molecule has 1 aliphatic heterocycles. The van der Waals surface area contributed by atoms with Gasteiger partial charge in [0.1, 0.15) is 17.2 Å². The van der Waals surface area contributed by atoms with Crippen molar-refractivity contribution in [2.45, 2.75) is 31.8 Å². The second-order valence-corrected chi connectivity index (χ2v) is 9.27. The maximum absolute atomic E-state index is 12.3. The summed E-state index contributed by atoms with van der Waals surface area (Å²) in [7, 11) is 3.59. The smallest absolute Gasteiger partial charge is 0.229 e. The number of nitrogens with one attached hydrogen (secondary N) is 2. The second kappa shape index (κ2) is 8.81. The normalized spacial score (nSPS) is 18.2. The average Bonchev–Trinajstić information content (AvgIpc) is 3.67. The van der Waals surface area contributed by atoms with Gasteiger partial charge < -0.3 is 24.7 Å². The number of carbonyl (C=O) groups is 1. The van der Waals surface area contributed by atoms with Crippen LogP contribution in [0, 0.1) is 5.92 Å². The number of oxazole rings is 1. The Morgan fingerprint density at radius 3 is 2.83 bits per heavy atom. The number of rotatable bonds is 6. The van der Waals surface area contributed by atoms with Crippen molar-refractivity contribution in [1.29, 1.82) is 0 Å². The van der Waals surface area contributed by atoms with Gasteiger partial charge in [-0.25, -0.2) is 15.0 Å². The Hall–Kier alpha value is -3.72. The zero-order valence-corrected chi connectivity index (χ0v) is 19.9. The van der Waals surface area contributed by atoms with Crippen molar-refractivity contribution in [1.82, 2.24) is 15.0 Å². The zero-order chi connectivity index (χ0) is 23.9. The van der Waals surface area contributed by atoms with Crippen LogP contribution in [0.2, 0.25) is 0 Å². The van der Waals surface area contributed by atoms with Crippen LogP contribution in [0.15, 0.2) is 41.1 Å². The Balaban J connectivity index is 1.38. The quantitative estimate of drug-likeness (QED) is 0.424. The molecule has 35 heavy (non-hydrogen) atoms. The Morgan fingerprint density at radius 1 is 1.14 bits per heavy atom. The molecule has 4 aromatic rings. The van der Waals surface area contributed by atoms with Gasteiger partial charge in [-0.1, -0.05) is 0 Å². The first-order valence-electron chi connectivity index (χ1n) is 12.1. The monoisotopic (exact) mass is 472 g/mol. The van der Waals surface area contributed by atoms with E-state index in [2.05, 4.69) is 37.6 Å². The summed E-state index contributed by atoms with van der Waals surface area (Å²) in [5.74, 6) is 1.82. The van der Waals surface area contributed by atoms with Gasteiger partial charge in [0.25, 0.3) is 0 Å². The lowest BCUT2D eigenvalue weighted by Crippen LogP contribution is -2.39. The molecule has 1 atom stereocenters. The highest BCUT2D eigenvalue weighted by Crippen LogP contribution is 2.35. The number of amides is 1. The van der Waals surface area contributed by atoms with Crippen molar-refractivity contribution in [3.8, 4) is 11.5 Å². The SMILES string of the molecule is CNc1ncc(-c2nc3cc(N4CCC[C@@H](OC)C4)ccc3o2)c2cc(NC(=O)C3CC3)ncc12. The van der Waals surface area contributed by atoms with E-state index in [9.17, 15) is 4.79 Å². The molecule has 1 amide bonds. The third-order valence-electron chi connectivity index (χ3n) is 6.89. The fourth-order valence-corrected chi connectivity index (χ4v) is 4.74. The third-order valence-corrected chi connectivity index (χ3v) is 6.89. The fourth-order valence-electron chi connectivity index (χ4n) is 4.74. The highest BCUT2D eigenvalue weighted by atomic mass is 16.5. The van der Waals surface area contributed by atoms with E-state index < -0.39 is 0 Å². The van der Waals surface area contributed by atoms with Gasteiger partial charge in [0.15, 0.2) is 5.58 Å². The number of pyridine rings is 2. The Labute approximate surface area is 202 Å². The van der Waals surface area contributed by atoms with Crippen LogP contribution in [0.5, 0.6) is 0 Å². The molecular weight excluding hydrogens is 444 g/mol. The largest absolute Gasteiger partial charge is 0.436 e. The third kappa shape index (κ3) is 4.16. The summed E-state index contributed by atoms with van der Waals surface area (Å²) < 4.78 is 11.7. The van der Waals surface area contributed by atoms with Crippen molar-refractivity contribution < 1.29 is 13.9 Å². The number of piperidine rings is 1. The van der Waals surface area contributed by atoms with Gasteiger partial charge in [0.2, 0.25) is 11.8 Å². The molecule has 9 nitrogen and oxygen atoms in total. The van der Waals surface area contributed by atoms with E-state index in [-0.39, 0.29) is 17.9 Å². The van der Waals surface area contributed by atoms with Crippen LogP contribution < -0.4 is 15.5 Å². The zero-order valence-electron chi connectivity index (χ0n) is 19.9. The highest BCUT2D eigenvalue weighted by Gasteiger charge is 2.30. The van der Waals surface area contributed by atoms with Crippen LogP contribution in [0.25, 0.3) is 33.3 Å². The first-order chi connectivity index (χ1) is 17.1. The molecule has 3 aromatic heterocycles. The van der Waals surface area contributed by atoms with Gasteiger partial charge in [0.05, 0.1) is 11.7 Å². The van der Waals surface area contributed by atoms with E-state index in [1.807, 2.05) is 19.2 Å². The molecule has 2 fully saturated rings. The number of methoxy groups -OCH3 is 1. The minimum absolute atomic E-state index is 0.0177. The summed E-state index contributed by atoms with van der Waals surface area (Å²) in [4.78, 5) is 28.4. The number of hydrogen-bond donors (Lipinski definition) is 2. The van der Waals surface area contributed by atoms with E-state index in [0.29, 0.717) is 23.1 Å². The number of anilines is 3. The molecular formula is C26H28N6O3. The van der Waals surface area contributed by atoms with E-state index in [4.69, 9.17) is 14.1 Å². The molecule has 0 radical (unpaired) electrons. The second-order valence-electron chi connectivity index (χ2n) is 9.27. The van der Waals surface area contributed by atoms with Crippen LogP contribution in [-0.2, 0) is 9.53 Å². The van der Waals surface area contributed by atoms with E-state index >= 15 is 0 Å². The number of nitrogens with zero attached hydrogens (tertiary/aromatic N) is 4. The number of aromatic nitrogens is 3.